The average Bonchev–Trinajstić information content (AvgIpc) is 2.88. The molecule has 5 rings (SSSR count). The molecule has 3 aromatic carbocycles. The van der Waals surface area contributed by atoms with Crippen LogP contribution in [0, 0.1) is 6.92 Å². The minimum absolute atomic E-state index is 0.0642. The molecule has 9 nitrogen and oxygen atoms in total. The van der Waals surface area contributed by atoms with Crippen LogP contribution in [0.5, 0.6) is 11.5 Å². The van der Waals surface area contributed by atoms with E-state index >= 15 is 0 Å². The van der Waals surface area contributed by atoms with Crippen molar-refractivity contribution in [3.63, 3.8) is 0 Å². The molecule has 0 bridgehead atoms. The number of nitrogens with one attached hydrogen (secondary N) is 1. The van der Waals surface area contributed by atoms with E-state index in [9.17, 15) is 18.3 Å². The summed E-state index contributed by atoms with van der Waals surface area (Å²) in [7, 11) is -4.00. The predicted molar refractivity (Wildman–Crippen MR) is 148 cm³/mol. The zero-order valence-corrected chi connectivity index (χ0v) is 23.2. The zero-order valence-electron chi connectivity index (χ0n) is 22.4. The number of nitrogens with zero attached hydrogens (tertiary/aromatic N) is 2. The van der Waals surface area contributed by atoms with Crippen LogP contribution >= 0.6 is 0 Å². The number of piperidine rings is 1. The van der Waals surface area contributed by atoms with Crippen molar-refractivity contribution in [2.24, 2.45) is 0 Å². The van der Waals surface area contributed by atoms with E-state index in [0.717, 1.165) is 5.56 Å². The van der Waals surface area contributed by atoms with E-state index < -0.39 is 39.9 Å². The van der Waals surface area contributed by atoms with Crippen LogP contribution in [0.25, 0.3) is 0 Å². The van der Waals surface area contributed by atoms with E-state index in [1.807, 2.05) is 60.4 Å². The molecule has 0 aromatic heterocycles. The minimum atomic E-state index is -4.00. The summed E-state index contributed by atoms with van der Waals surface area (Å²) in [4.78, 5) is 16.7. The number of carbonyl (C=O) groups is 1. The normalized spacial score (nSPS) is 21.0. The van der Waals surface area contributed by atoms with Crippen molar-refractivity contribution in [1.82, 2.24) is 9.62 Å². The molecule has 0 aliphatic carbocycles. The Kier molecular flexibility index (Phi) is 7.04. The Bertz CT molecular complexity index is 1420. The first-order chi connectivity index (χ1) is 18.4. The van der Waals surface area contributed by atoms with Crippen molar-refractivity contribution in [2.75, 3.05) is 18.0 Å². The number of hydrogen-bond donors (Lipinski definition) is 2. The molecule has 1 unspecified atom stereocenters. The summed E-state index contributed by atoms with van der Waals surface area (Å²) in [6, 6.07) is 19.6. The van der Waals surface area contributed by atoms with Crippen LogP contribution in [0.3, 0.4) is 0 Å². The van der Waals surface area contributed by atoms with E-state index in [0.29, 0.717) is 22.9 Å². The van der Waals surface area contributed by atoms with Crippen LogP contribution in [0.4, 0.5) is 16.2 Å². The maximum atomic E-state index is 13.4. The summed E-state index contributed by atoms with van der Waals surface area (Å²) in [5.41, 5.74) is 1.57. The molecule has 1 fully saturated rings. The first kappa shape index (κ1) is 27.0. The maximum Gasteiger partial charge on any atom is 0.410 e. The monoisotopic (exact) mass is 551 g/mol. The van der Waals surface area contributed by atoms with Gasteiger partial charge in [-0.05, 0) is 64.1 Å². The lowest BCUT2D eigenvalue weighted by molar-refractivity contribution is -0.00353. The van der Waals surface area contributed by atoms with E-state index in [1.165, 1.54) is 17.0 Å². The number of amides is 1. The molecule has 1 amide bonds. The Hall–Kier alpha value is -3.60. The van der Waals surface area contributed by atoms with E-state index in [1.54, 1.807) is 32.9 Å². The molecule has 0 saturated carbocycles. The predicted octanol–water partition coefficient (Wildman–Crippen LogP) is 4.57. The van der Waals surface area contributed by atoms with E-state index in [2.05, 4.69) is 4.72 Å². The Morgan fingerprint density at radius 1 is 0.949 bits per heavy atom. The maximum absolute atomic E-state index is 13.4. The van der Waals surface area contributed by atoms with Crippen LogP contribution in [0.15, 0.2) is 77.7 Å². The molecule has 2 aliphatic heterocycles. The van der Waals surface area contributed by atoms with Gasteiger partial charge < -0.3 is 24.4 Å². The minimum Gasteiger partial charge on any atom is -0.453 e. The molecular weight excluding hydrogens is 518 g/mol. The lowest BCUT2D eigenvalue weighted by Crippen LogP contribution is -2.66. The third-order valence-electron chi connectivity index (χ3n) is 6.72. The van der Waals surface area contributed by atoms with Crippen molar-refractivity contribution in [1.29, 1.82) is 0 Å². The molecule has 2 aliphatic rings. The number of aliphatic hydroxyl groups is 1. The molecule has 10 heteroatoms. The molecule has 39 heavy (non-hydrogen) atoms. The molecule has 0 radical (unpaired) electrons. The summed E-state index contributed by atoms with van der Waals surface area (Å²) < 4.78 is 41.1. The third kappa shape index (κ3) is 5.59. The number of sulfonamides is 1. The Balaban J connectivity index is 1.55. The molecule has 0 spiro atoms. The first-order valence-electron chi connectivity index (χ1n) is 12.8. The number of likely N-dealkylation sites (tertiary alicyclic amines) is 1. The highest BCUT2D eigenvalue weighted by atomic mass is 32.2. The van der Waals surface area contributed by atoms with Crippen LogP contribution in [-0.2, 0) is 14.8 Å². The van der Waals surface area contributed by atoms with Gasteiger partial charge in [-0.25, -0.2) is 17.9 Å². The standard InChI is InChI=1S/C29H33N3O6S/c1-19-13-15-20(16-14-19)39(35,36)30-21-17-31(28(34)38-29(2,3)4)18-24(27(21)33)32-22-9-5-7-11-25(22)37-26-12-8-6-10-23(26)32/h5-16,21,24,27,30,33H,17-18H2,1-4H3/t21-,24?,27+/m1/s1. The Morgan fingerprint density at radius 2 is 1.51 bits per heavy atom. The smallest absolute Gasteiger partial charge is 0.410 e. The van der Waals surface area contributed by atoms with Crippen LogP contribution < -0.4 is 14.4 Å². The van der Waals surface area contributed by atoms with Crippen LogP contribution in [0.1, 0.15) is 26.3 Å². The van der Waals surface area contributed by atoms with Gasteiger partial charge in [0.2, 0.25) is 10.0 Å². The zero-order chi connectivity index (χ0) is 27.9. The van der Waals surface area contributed by atoms with Crippen molar-refractivity contribution >= 4 is 27.5 Å². The second-order valence-corrected chi connectivity index (χ2v) is 12.6. The lowest BCUT2D eigenvalue weighted by Gasteiger charge is -2.48. The van der Waals surface area contributed by atoms with Gasteiger partial charge in [0, 0.05) is 13.1 Å². The molecular formula is C29H33N3O6S. The van der Waals surface area contributed by atoms with Crippen LogP contribution in [-0.4, -0.2) is 61.4 Å². The Labute approximate surface area is 229 Å². The fourth-order valence-corrected chi connectivity index (χ4v) is 6.16. The van der Waals surface area contributed by atoms with Gasteiger partial charge in [-0.1, -0.05) is 42.0 Å². The second kappa shape index (κ2) is 10.2. The number of ether oxygens (including phenoxy) is 2. The number of benzene rings is 3. The van der Waals surface area contributed by atoms with Crippen molar-refractivity contribution < 1.29 is 27.8 Å². The quantitative estimate of drug-likeness (QED) is 0.489. The van der Waals surface area contributed by atoms with E-state index in [-0.39, 0.29) is 18.0 Å². The first-order valence-corrected chi connectivity index (χ1v) is 14.3. The molecule has 2 N–H and O–H groups in total. The van der Waals surface area contributed by atoms with Crippen molar-refractivity contribution in [3.8, 4) is 11.5 Å². The summed E-state index contributed by atoms with van der Waals surface area (Å²) in [6.45, 7) is 7.22. The summed E-state index contributed by atoms with van der Waals surface area (Å²) in [5, 5.41) is 11.7. The molecule has 206 valence electrons. The fraction of sp³-hybridized carbons (Fsp3) is 0.345. The van der Waals surface area contributed by atoms with Gasteiger partial charge in [0.05, 0.1) is 34.5 Å². The highest BCUT2D eigenvalue weighted by molar-refractivity contribution is 7.89. The van der Waals surface area contributed by atoms with Gasteiger partial charge in [0.15, 0.2) is 11.5 Å². The number of para-hydroxylation sites is 4. The topological polar surface area (TPSA) is 108 Å². The van der Waals surface area contributed by atoms with Gasteiger partial charge in [0.25, 0.3) is 0 Å². The molecule has 1 saturated heterocycles. The van der Waals surface area contributed by atoms with Gasteiger partial charge in [-0.15, -0.1) is 0 Å². The summed E-state index contributed by atoms with van der Waals surface area (Å²) in [5.74, 6) is 1.18. The lowest BCUT2D eigenvalue weighted by atomic mass is 9.94. The Morgan fingerprint density at radius 3 is 2.08 bits per heavy atom. The molecule has 2 heterocycles. The largest absolute Gasteiger partial charge is 0.453 e. The van der Waals surface area contributed by atoms with Gasteiger partial charge in [-0.2, -0.15) is 0 Å². The number of aryl methyl sites for hydroxylation is 1. The van der Waals surface area contributed by atoms with Gasteiger partial charge in [0.1, 0.15) is 5.60 Å². The number of hydrogen-bond acceptors (Lipinski definition) is 7. The number of aliphatic hydroxyl groups excluding tert-OH is 1. The highest BCUT2D eigenvalue weighted by Gasteiger charge is 2.45. The fourth-order valence-electron chi connectivity index (χ4n) is 4.91. The number of fused-ring (bicyclic) bond motifs is 2. The van der Waals surface area contributed by atoms with Gasteiger partial charge >= 0.3 is 6.09 Å². The highest BCUT2D eigenvalue weighted by Crippen LogP contribution is 2.48. The van der Waals surface area contributed by atoms with E-state index in [4.69, 9.17) is 9.47 Å². The number of rotatable bonds is 4. The second-order valence-electron chi connectivity index (χ2n) is 10.9. The SMILES string of the molecule is Cc1ccc(S(=O)(=O)N[C@@H]2CN(C(=O)OC(C)(C)C)CC(N3c4ccccc4Oc4ccccc43)[C@H]2O)cc1. The molecule has 3 atom stereocenters. The summed E-state index contributed by atoms with van der Waals surface area (Å²) >= 11 is 0. The number of carbonyl (C=O) groups excluding carboxylic acids is 1. The third-order valence-corrected chi connectivity index (χ3v) is 8.23. The van der Waals surface area contributed by atoms with Crippen molar-refractivity contribution in [2.45, 2.75) is 56.4 Å². The number of anilines is 2. The molecule has 3 aromatic rings. The van der Waals surface area contributed by atoms with Crippen LogP contribution in [0.2, 0.25) is 0 Å². The summed E-state index contributed by atoms with van der Waals surface area (Å²) in [6.07, 6.45) is -1.77. The van der Waals surface area contributed by atoms with Gasteiger partial charge in [-0.3, -0.25) is 0 Å². The average molecular weight is 552 g/mol. The van der Waals surface area contributed by atoms with Crippen molar-refractivity contribution in [3.05, 3.63) is 78.4 Å².